The van der Waals surface area contributed by atoms with Crippen molar-refractivity contribution < 1.29 is 36.1 Å². The largest absolute Gasteiger partial charge is 2.00 e. The van der Waals surface area contributed by atoms with Crippen molar-refractivity contribution in [2.24, 2.45) is 0 Å². The van der Waals surface area contributed by atoms with E-state index in [0.29, 0.717) is 11.8 Å². The quantitative estimate of drug-likeness (QED) is 0.467. The molecule has 0 amide bonds. The Kier molecular flexibility index (Phi) is 10.7. The zero-order chi connectivity index (χ0) is 23.1. The van der Waals surface area contributed by atoms with Crippen molar-refractivity contribution in [3.8, 4) is 0 Å². The number of methoxy groups -OCH3 is 2. The van der Waals surface area contributed by atoms with Gasteiger partial charge in [0.2, 0.25) is 0 Å². The van der Waals surface area contributed by atoms with E-state index in [1.165, 1.54) is 14.2 Å². The van der Waals surface area contributed by atoms with Gasteiger partial charge in [-0.2, -0.15) is 0 Å². The van der Waals surface area contributed by atoms with Gasteiger partial charge in [0, 0.05) is 11.8 Å². The molecule has 0 aliphatic heterocycles. The van der Waals surface area contributed by atoms with Gasteiger partial charge in [-0.3, -0.25) is 9.59 Å². The van der Waals surface area contributed by atoms with Crippen LogP contribution in [0.25, 0.3) is 0 Å². The van der Waals surface area contributed by atoms with Gasteiger partial charge in [0.15, 0.2) is 0 Å². The van der Waals surface area contributed by atoms with Gasteiger partial charge in [0.05, 0.1) is 26.1 Å². The maximum Gasteiger partial charge on any atom is 2.00 e. The second-order valence-corrected chi connectivity index (χ2v) is 7.40. The number of rotatable bonds is 4. The van der Waals surface area contributed by atoms with Gasteiger partial charge in [-0.25, -0.2) is 0 Å². The average Bonchev–Trinajstić information content (AvgIpc) is 3.42. The molecule has 0 unspecified atom stereocenters. The maximum absolute atomic E-state index is 11.5. The molecule has 4 rings (SSSR count). The molecule has 2 aromatic carbocycles. The standard InChI is InChI=1S/2C14H13O2.Fe/c2*1-10-8-12(9-13(10)14(15)16-2)11-6-4-3-5-7-11;/h2*3-9H,1-2H3;/q;;+2. The van der Waals surface area contributed by atoms with Gasteiger partial charge in [-0.1, -0.05) is 74.5 Å². The first-order valence-corrected chi connectivity index (χ1v) is 10.3. The minimum absolute atomic E-state index is 0. The monoisotopic (exact) mass is 482 g/mol. The molecule has 33 heavy (non-hydrogen) atoms. The summed E-state index contributed by atoms with van der Waals surface area (Å²) >= 11 is 0. The van der Waals surface area contributed by atoms with E-state index >= 15 is 0 Å². The van der Waals surface area contributed by atoms with Crippen LogP contribution in [0.5, 0.6) is 0 Å². The third kappa shape index (κ3) is 6.94. The normalized spacial score (nSPS) is 18.3. The van der Waals surface area contributed by atoms with Gasteiger partial charge < -0.3 is 9.47 Å². The summed E-state index contributed by atoms with van der Waals surface area (Å²) in [6, 6.07) is 20.0. The topological polar surface area (TPSA) is 52.6 Å². The van der Waals surface area contributed by atoms with E-state index in [0.717, 1.165) is 34.8 Å². The molecule has 0 N–H and O–H groups in total. The first-order chi connectivity index (χ1) is 15.4. The predicted octanol–water partition coefficient (Wildman–Crippen LogP) is 4.74. The first kappa shape index (κ1) is 27.1. The van der Waals surface area contributed by atoms with Crippen molar-refractivity contribution >= 4 is 11.9 Å². The molecule has 0 saturated heterocycles. The zero-order valence-electron chi connectivity index (χ0n) is 19.1. The van der Waals surface area contributed by atoms with Crippen molar-refractivity contribution in [1.82, 2.24) is 0 Å². The Bertz CT molecular complexity index is 796. The smallest absolute Gasteiger partial charge is 0.469 e. The van der Waals surface area contributed by atoms with E-state index in [9.17, 15) is 9.59 Å². The average molecular weight is 482 g/mol. The molecule has 2 aromatic rings. The Hall–Kier alpha value is -2.10. The number of benzene rings is 2. The molecule has 0 heterocycles. The van der Waals surface area contributed by atoms with Crippen LogP contribution >= 0.6 is 0 Å². The van der Waals surface area contributed by atoms with Crippen molar-refractivity contribution in [1.29, 1.82) is 0 Å². The Balaban J connectivity index is 0.000000227. The van der Waals surface area contributed by atoms with Crippen molar-refractivity contribution in [2.45, 2.75) is 13.8 Å². The van der Waals surface area contributed by atoms with Gasteiger partial charge in [0.25, 0.3) is 0 Å². The molecule has 0 atom stereocenters. The van der Waals surface area contributed by atoms with Gasteiger partial charge >= 0.3 is 29.0 Å². The fourth-order valence-corrected chi connectivity index (χ4v) is 3.50. The summed E-state index contributed by atoms with van der Waals surface area (Å²) in [5.41, 5.74) is 2.22. The molecular formula is C28H26FeO4+2. The van der Waals surface area contributed by atoms with E-state index in [1.807, 2.05) is 100 Å². The van der Waals surface area contributed by atoms with E-state index in [-0.39, 0.29) is 29.0 Å². The van der Waals surface area contributed by atoms with Crippen molar-refractivity contribution in [3.05, 3.63) is 133 Å². The maximum atomic E-state index is 11.5. The molecule has 2 saturated carbocycles. The molecule has 2 fully saturated rings. The first-order valence-electron chi connectivity index (χ1n) is 10.3. The third-order valence-electron chi connectivity index (χ3n) is 5.22. The summed E-state index contributed by atoms with van der Waals surface area (Å²) in [4.78, 5) is 22.9. The van der Waals surface area contributed by atoms with Gasteiger partial charge in [-0.05, 0) is 48.6 Å². The Morgan fingerprint density at radius 1 is 0.576 bits per heavy atom. The predicted molar refractivity (Wildman–Crippen MR) is 123 cm³/mol. The minimum Gasteiger partial charge on any atom is -0.469 e. The van der Waals surface area contributed by atoms with Crippen LogP contribution < -0.4 is 0 Å². The number of esters is 2. The molecular weight excluding hydrogens is 456 g/mol. The van der Waals surface area contributed by atoms with Gasteiger partial charge in [0.1, 0.15) is 0 Å². The molecule has 2 aliphatic carbocycles. The zero-order valence-corrected chi connectivity index (χ0v) is 20.2. The van der Waals surface area contributed by atoms with E-state index in [2.05, 4.69) is 0 Å². The van der Waals surface area contributed by atoms with Crippen LogP contribution in [0, 0.1) is 61.2 Å². The molecule has 0 bridgehead atoms. The number of carbonyl (C=O) groups is 2. The second-order valence-electron chi connectivity index (χ2n) is 7.40. The summed E-state index contributed by atoms with van der Waals surface area (Å²) in [6.45, 7) is 3.83. The Morgan fingerprint density at radius 2 is 0.909 bits per heavy atom. The Labute approximate surface area is 208 Å². The molecule has 2 aliphatic rings. The number of ether oxygens (including phenoxy) is 2. The molecule has 10 radical (unpaired) electrons. The molecule has 168 valence electrons. The van der Waals surface area contributed by atoms with E-state index < -0.39 is 0 Å². The van der Waals surface area contributed by atoms with Crippen LogP contribution in [0.3, 0.4) is 0 Å². The van der Waals surface area contributed by atoms with E-state index in [1.54, 1.807) is 0 Å². The van der Waals surface area contributed by atoms with Crippen LogP contribution in [0.4, 0.5) is 0 Å². The van der Waals surface area contributed by atoms with Crippen LogP contribution in [0.15, 0.2) is 60.7 Å². The van der Waals surface area contributed by atoms with Crippen LogP contribution in [0.2, 0.25) is 0 Å². The summed E-state index contributed by atoms with van der Waals surface area (Å²) in [6.07, 6.45) is 7.75. The molecule has 4 nitrogen and oxygen atoms in total. The van der Waals surface area contributed by atoms with Crippen LogP contribution in [-0.2, 0) is 36.1 Å². The Morgan fingerprint density at radius 3 is 1.21 bits per heavy atom. The molecule has 0 spiro atoms. The summed E-state index contributed by atoms with van der Waals surface area (Å²) in [5.74, 6) is 4.73. The molecule has 0 aromatic heterocycles. The summed E-state index contributed by atoms with van der Waals surface area (Å²) in [7, 11) is 2.80. The minimum atomic E-state index is -0.278. The fourth-order valence-electron chi connectivity index (χ4n) is 3.50. The van der Waals surface area contributed by atoms with E-state index in [4.69, 9.17) is 9.47 Å². The summed E-state index contributed by atoms with van der Waals surface area (Å²) in [5, 5.41) is 0. The number of carbonyl (C=O) groups excluding carboxylic acids is 2. The van der Waals surface area contributed by atoms with Crippen LogP contribution in [0.1, 0.15) is 25.0 Å². The second kappa shape index (κ2) is 13.0. The van der Waals surface area contributed by atoms with Crippen molar-refractivity contribution in [3.63, 3.8) is 0 Å². The number of hydrogen-bond donors (Lipinski definition) is 0. The third-order valence-corrected chi connectivity index (χ3v) is 5.22. The fraction of sp³-hybridized carbons (Fsp3) is 0.143. The van der Waals surface area contributed by atoms with Crippen LogP contribution in [-0.4, -0.2) is 26.2 Å². The number of hydrogen-bond acceptors (Lipinski definition) is 4. The molecule has 5 heteroatoms. The van der Waals surface area contributed by atoms with Crippen molar-refractivity contribution in [2.75, 3.05) is 14.2 Å². The summed E-state index contributed by atoms with van der Waals surface area (Å²) < 4.78 is 9.45. The SMILES string of the molecule is COC(=O)[C]1[CH][C](c2ccccc2)[CH][C]1C.COC(=O)[C]1[CH][C](c2ccccc2)[CH][C]1C.[Fe+2]. The van der Waals surface area contributed by atoms with Gasteiger partial charge in [-0.15, -0.1) is 0 Å².